The van der Waals surface area contributed by atoms with Gasteiger partial charge in [0.1, 0.15) is 0 Å². The van der Waals surface area contributed by atoms with Crippen LogP contribution >= 0.6 is 11.6 Å². The van der Waals surface area contributed by atoms with Gasteiger partial charge < -0.3 is 0 Å². The molecule has 1 aromatic rings. The minimum atomic E-state index is 0.355. The zero-order valence-corrected chi connectivity index (χ0v) is 8.72. The minimum absolute atomic E-state index is 0.355. The van der Waals surface area contributed by atoms with Crippen molar-refractivity contribution in [3.05, 3.63) is 23.2 Å². The summed E-state index contributed by atoms with van der Waals surface area (Å²) in [7, 11) is 0. The van der Waals surface area contributed by atoms with Gasteiger partial charge in [0.25, 0.3) is 0 Å². The number of aryl methyl sites for hydroxylation is 1. The molecule has 0 spiro atoms. The molecule has 0 aliphatic carbocycles. The molecule has 72 valence electrons. The molecule has 1 rings (SSSR count). The summed E-state index contributed by atoms with van der Waals surface area (Å²) in [4.78, 5) is 7.96. The molecule has 0 saturated heterocycles. The largest absolute Gasteiger partial charge is 0.227 e. The molecule has 0 amide bonds. The predicted molar refractivity (Wildman–Crippen MR) is 54.9 cm³/mol. The first-order chi connectivity index (χ1) is 6.33. The van der Waals surface area contributed by atoms with Crippen LogP contribution in [-0.2, 0) is 6.42 Å². The molecule has 0 fully saturated rings. The Hall–Kier alpha value is -0.630. The molecule has 0 aliphatic heterocycles. The first-order valence-electron chi connectivity index (χ1n) is 4.80. The van der Waals surface area contributed by atoms with Crippen LogP contribution in [0, 0.1) is 0 Å². The fourth-order valence-electron chi connectivity index (χ4n) is 1.24. The van der Waals surface area contributed by atoms with Gasteiger partial charge in [0.15, 0.2) is 0 Å². The van der Waals surface area contributed by atoms with Crippen LogP contribution in [0.1, 0.15) is 38.3 Å². The van der Waals surface area contributed by atoms with E-state index in [0.717, 1.165) is 12.1 Å². The third-order valence-electron chi connectivity index (χ3n) is 1.97. The Balaban J connectivity index is 2.28. The second kappa shape index (κ2) is 5.92. The van der Waals surface area contributed by atoms with Gasteiger partial charge in [-0.15, -0.1) is 0 Å². The van der Waals surface area contributed by atoms with Gasteiger partial charge in [-0.3, -0.25) is 0 Å². The first kappa shape index (κ1) is 10.5. The van der Waals surface area contributed by atoms with Crippen LogP contribution in [0.4, 0.5) is 0 Å². The zero-order valence-electron chi connectivity index (χ0n) is 7.96. The third-order valence-corrected chi connectivity index (χ3v) is 2.15. The number of halogens is 1. The van der Waals surface area contributed by atoms with Crippen LogP contribution in [0.3, 0.4) is 0 Å². The minimum Gasteiger partial charge on any atom is -0.227 e. The van der Waals surface area contributed by atoms with E-state index in [0.29, 0.717) is 5.28 Å². The molecule has 0 unspecified atom stereocenters. The van der Waals surface area contributed by atoms with Crippen LogP contribution in [-0.4, -0.2) is 9.97 Å². The SMILES string of the molecule is CCCCCCc1ccnc(Cl)n1. The van der Waals surface area contributed by atoms with E-state index in [-0.39, 0.29) is 0 Å². The molecule has 0 saturated carbocycles. The number of hydrogen-bond acceptors (Lipinski definition) is 2. The Morgan fingerprint density at radius 1 is 1.31 bits per heavy atom. The summed E-state index contributed by atoms with van der Waals surface area (Å²) in [6.07, 6.45) is 7.77. The molecule has 13 heavy (non-hydrogen) atoms. The lowest BCUT2D eigenvalue weighted by Crippen LogP contribution is -1.92. The highest BCUT2D eigenvalue weighted by atomic mass is 35.5. The molecule has 0 atom stereocenters. The molecule has 1 heterocycles. The van der Waals surface area contributed by atoms with Crippen LogP contribution in [0.2, 0.25) is 5.28 Å². The van der Waals surface area contributed by atoms with Gasteiger partial charge in [0, 0.05) is 11.9 Å². The van der Waals surface area contributed by atoms with E-state index in [9.17, 15) is 0 Å². The highest BCUT2D eigenvalue weighted by Crippen LogP contribution is 2.07. The van der Waals surface area contributed by atoms with Crippen molar-refractivity contribution in [2.24, 2.45) is 0 Å². The van der Waals surface area contributed by atoms with E-state index in [1.807, 2.05) is 6.07 Å². The van der Waals surface area contributed by atoms with E-state index in [1.54, 1.807) is 6.20 Å². The molecule has 0 aromatic carbocycles. The summed E-state index contributed by atoms with van der Waals surface area (Å²) < 4.78 is 0. The smallest absolute Gasteiger partial charge is 0.222 e. The third kappa shape index (κ3) is 4.23. The maximum atomic E-state index is 5.66. The highest BCUT2D eigenvalue weighted by Gasteiger charge is 1.96. The Labute approximate surface area is 84.4 Å². The monoisotopic (exact) mass is 198 g/mol. The van der Waals surface area contributed by atoms with E-state index < -0.39 is 0 Å². The van der Waals surface area contributed by atoms with Gasteiger partial charge in [0.05, 0.1) is 0 Å². The Kier molecular flexibility index (Phi) is 4.76. The van der Waals surface area contributed by atoms with Crippen molar-refractivity contribution in [1.82, 2.24) is 9.97 Å². The fourth-order valence-corrected chi connectivity index (χ4v) is 1.41. The van der Waals surface area contributed by atoms with Gasteiger partial charge in [0.2, 0.25) is 5.28 Å². The van der Waals surface area contributed by atoms with Crippen molar-refractivity contribution in [2.75, 3.05) is 0 Å². The summed E-state index contributed by atoms with van der Waals surface area (Å²) in [6.45, 7) is 2.21. The van der Waals surface area contributed by atoms with Gasteiger partial charge in [-0.2, -0.15) is 0 Å². The zero-order chi connectivity index (χ0) is 9.52. The maximum Gasteiger partial charge on any atom is 0.222 e. The lowest BCUT2D eigenvalue weighted by molar-refractivity contribution is 0.660. The van der Waals surface area contributed by atoms with Gasteiger partial charge >= 0.3 is 0 Å². The summed E-state index contributed by atoms with van der Waals surface area (Å²) in [5.41, 5.74) is 1.05. The lowest BCUT2D eigenvalue weighted by atomic mass is 10.1. The predicted octanol–water partition coefficient (Wildman–Crippen LogP) is 3.25. The standard InChI is InChI=1S/C10H15ClN2/c1-2-3-4-5-6-9-7-8-12-10(11)13-9/h7-8H,2-6H2,1H3. The van der Waals surface area contributed by atoms with Crippen molar-refractivity contribution in [3.8, 4) is 0 Å². The fraction of sp³-hybridized carbons (Fsp3) is 0.600. The average Bonchev–Trinajstić information content (AvgIpc) is 2.13. The number of unbranched alkanes of at least 4 members (excludes halogenated alkanes) is 3. The van der Waals surface area contributed by atoms with Crippen molar-refractivity contribution in [2.45, 2.75) is 39.0 Å². The van der Waals surface area contributed by atoms with E-state index >= 15 is 0 Å². The van der Waals surface area contributed by atoms with Crippen LogP contribution < -0.4 is 0 Å². The second-order valence-electron chi connectivity index (χ2n) is 3.13. The van der Waals surface area contributed by atoms with Crippen LogP contribution in [0.15, 0.2) is 12.3 Å². The van der Waals surface area contributed by atoms with Gasteiger partial charge in [-0.1, -0.05) is 26.2 Å². The average molecular weight is 199 g/mol. The van der Waals surface area contributed by atoms with Crippen molar-refractivity contribution in [3.63, 3.8) is 0 Å². The second-order valence-corrected chi connectivity index (χ2v) is 3.47. The summed E-state index contributed by atoms with van der Waals surface area (Å²) in [5, 5.41) is 0.355. The molecule has 3 heteroatoms. The van der Waals surface area contributed by atoms with E-state index in [1.165, 1.54) is 25.7 Å². The molecule has 2 nitrogen and oxygen atoms in total. The topological polar surface area (TPSA) is 25.8 Å². The Morgan fingerprint density at radius 3 is 2.85 bits per heavy atom. The maximum absolute atomic E-state index is 5.66. The summed E-state index contributed by atoms with van der Waals surface area (Å²) in [5.74, 6) is 0. The van der Waals surface area contributed by atoms with Crippen LogP contribution in [0.25, 0.3) is 0 Å². The van der Waals surface area contributed by atoms with Crippen molar-refractivity contribution in [1.29, 1.82) is 0 Å². The molecule has 0 bridgehead atoms. The quantitative estimate of drug-likeness (QED) is 0.536. The Bertz CT molecular complexity index is 250. The summed E-state index contributed by atoms with van der Waals surface area (Å²) >= 11 is 5.66. The van der Waals surface area contributed by atoms with Crippen molar-refractivity contribution < 1.29 is 0 Å². The number of rotatable bonds is 5. The molecule has 0 N–H and O–H groups in total. The number of nitrogens with zero attached hydrogens (tertiary/aromatic N) is 2. The van der Waals surface area contributed by atoms with Gasteiger partial charge in [-0.25, -0.2) is 9.97 Å². The first-order valence-corrected chi connectivity index (χ1v) is 5.18. The number of hydrogen-bond donors (Lipinski definition) is 0. The highest BCUT2D eigenvalue weighted by molar-refractivity contribution is 6.28. The van der Waals surface area contributed by atoms with Crippen molar-refractivity contribution >= 4 is 11.6 Å². The molecule has 1 aromatic heterocycles. The van der Waals surface area contributed by atoms with E-state index in [4.69, 9.17) is 11.6 Å². The number of aromatic nitrogens is 2. The summed E-state index contributed by atoms with van der Waals surface area (Å²) in [6, 6.07) is 1.93. The normalized spacial score (nSPS) is 10.3. The van der Waals surface area contributed by atoms with Crippen LogP contribution in [0.5, 0.6) is 0 Å². The molecular formula is C10H15ClN2. The lowest BCUT2D eigenvalue weighted by Gasteiger charge is -1.99. The van der Waals surface area contributed by atoms with Gasteiger partial charge in [-0.05, 0) is 30.5 Å². The Morgan fingerprint density at radius 2 is 2.15 bits per heavy atom. The van der Waals surface area contributed by atoms with E-state index in [2.05, 4.69) is 16.9 Å². The molecular weight excluding hydrogens is 184 g/mol. The molecule has 0 aliphatic rings. The molecule has 0 radical (unpaired) electrons.